The summed E-state index contributed by atoms with van der Waals surface area (Å²) in [6.07, 6.45) is 1.60. The minimum atomic E-state index is -0.360. The van der Waals surface area contributed by atoms with Crippen LogP contribution in [0.2, 0.25) is 0 Å². The van der Waals surface area contributed by atoms with E-state index < -0.39 is 0 Å². The van der Waals surface area contributed by atoms with Crippen LogP contribution in [0, 0.1) is 5.82 Å². The predicted octanol–water partition coefficient (Wildman–Crippen LogP) is 1.27. The normalized spacial score (nSPS) is 12.4. The number of nitrogens with one attached hydrogen (secondary N) is 1. The Kier molecular flexibility index (Phi) is 3.57. The maximum atomic E-state index is 14.0. The molecule has 6 heteroatoms. The molecule has 0 saturated carbocycles. The number of nitrogens with zero attached hydrogens (tertiary/aromatic N) is 3. The van der Waals surface area contributed by atoms with Crippen molar-refractivity contribution in [3.63, 3.8) is 0 Å². The van der Waals surface area contributed by atoms with Gasteiger partial charge in [-0.25, -0.2) is 4.39 Å². The number of aryl methyl sites for hydroxylation is 1. The molecule has 0 radical (unpaired) electrons. The van der Waals surface area contributed by atoms with E-state index in [1.54, 1.807) is 37.1 Å². The third-order valence-electron chi connectivity index (χ3n) is 2.86. The molecule has 0 spiro atoms. The molecule has 5 nitrogen and oxygen atoms in total. The third-order valence-corrected chi connectivity index (χ3v) is 2.86. The summed E-state index contributed by atoms with van der Waals surface area (Å²) in [5.74, 6) is 0.172. The quantitative estimate of drug-likeness (QED) is 0.888. The zero-order valence-electron chi connectivity index (χ0n) is 10.5. The van der Waals surface area contributed by atoms with Crippen LogP contribution in [0.25, 0.3) is 0 Å². The average molecular weight is 250 g/mol. The Bertz CT molecular complexity index is 541. The van der Waals surface area contributed by atoms with Gasteiger partial charge >= 0.3 is 0 Å². The summed E-state index contributed by atoms with van der Waals surface area (Å²) in [5.41, 5.74) is 1.22. The molecule has 1 aromatic carbocycles. The van der Waals surface area contributed by atoms with Gasteiger partial charge in [0.1, 0.15) is 11.6 Å². The van der Waals surface area contributed by atoms with Crippen molar-refractivity contribution in [2.24, 2.45) is 7.05 Å². The molecule has 2 aromatic rings. The Morgan fingerprint density at radius 2 is 2.22 bits per heavy atom. The number of methoxy groups -OCH3 is 1. The Morgan fingerprint density at radius 1 is 1.44 bits per heavy atom. The van der Waals surface area contributed by atoms with Gasteiger partial charge in [0.25, 0.3) is 0 Å². The number of hydrogen-bond acceptors (Lipinski definition) is 4. The minimum absolute atomic E-state index is 0.324. The first-order chi connectivity index (χ1) is 8.69. The summed E-state index contributed by atoms with van der Waals surface area (Å²) >= 11 is 0. The smallest absolute Gasteiger partial charge is 0.132 e. The minimum Gasteiger partial charge on any atom is -0.496 e. The largest absolute Gasteiger partial charge is 0.496 e. The van der Waals surface area contributed by atoms with Gasteiger partial charge in [0.15, 0.2) is 0 Å². The zero-order valence-corrected chi connectivity index (χ0v) is 10.5. The summed E-state index contributed by atoms with van der Waals surface area (Å²) in [6.45, 7) is 0. The monoisotopic (exact) mass is 250 g/mol. The van der Waals surface area contributed by atoms with Gasteiger partial charge in [-0.3, -0.25) is 4.68 Å². The summed E-state index contributed by atoms with van der Waals surface area (Å²) in [5, 5.41) is 10.7. The van der Waals surface area contributed by atoms with Crippen LogP contribution in [-0.2, 0) is 7.05 Å². The fourth-order valence-corrected chi connectivity index (χ4v) is 1.97. The molecule has 1 N–H and O–H groups in total. The van der Waals surface area contributed by atoms with Gasteiger partial charge in [-0.2, -0.15) is 0 Å². The van der Waals surface area contributed by atoms with Crippen LogP contribution in [0.4, 0.5) is 4.39 Å². The highest BCUT2D eigenvalue weighted by atomic mass is 19.1. The van der Waals surface area contributed by atoms with Crippen LogP contribution in [-0.4, -0.2) is 29.2 Å². The van der Waals surface area contributed by atoms with Crippen molar-refractivity contribution in [3.8, 4) is 5.75 Å². The van der Waals surface area contributed by atoms with E-state index in [0.29, 0.717) is 11.3 Å². The predicted molar refractivity (Wildman–Crippen MR) is 64.9 cm³/mol. The number of aromatic nitrogens is 3. The highest BCUT2D eigenvalue weighted by Gasteiger charge is 2.23. The molecule has 0 fully saturated rings. The molecule has 0 aliphatic rings. The van der Waals surface area contributed by atoms with E-state index in [-0.39, 0.29) is 11.9 Å². The fraction of sp³-hybridized carbons (Fsp3) is 0.333. The molecule has 1 atom stereocenters. The van der Waals surface area contributed by atoms with Crippen LogP contribution in [0.5, 0.6) is 5.75 Å². The van der Waals surface area contributed by atoms with Crippen LogP contribution < -0.4 is 10.1 Å². The van der Waals surface area contributed by atoms with E-state index in [0.717, 1.165) is 5.69 Å². The van der Waals surface area contributed by atoms with E-state index in [1.807, 2.05) is 0 Å². The summed E-state index contributed by atoms with van der Waals surface area (Å²) in [6, 6.07) is 4.39. The topological polar surface area (TPSA) is 52.0 Å². The molecule has 18 heavy (non-hydrogen) atoms. The molecule has 1 aromatic heterocycles. The van der Waals surface area contributed by atoms with E-state index in [2.05, 4.69) is 15.6 Å². The fourth-order valence-electron chi connectivity index (χ4n) is 1.97. The Morgan fingerprint density at radius 3 is 2.78 bits per heavy atom. The Labute approximate surface area is 105 Å². The van der Waals surface area contributed by atoms with Crippen LogP contribution >= 0.6 is 0 Å². The lowest BCUT2D eigenvalue weighted by molar-refractivity contribution is 0.397. The molecule has 1 unspecified atom stereocenters. The first-order valence-corrected chi connectivity index (χ1v) is 5.53. The number of halogens is 1. The van der Waals surface area contributed by atoms with Crippen molar-refractivity contribution < 1.29 is 9.13 Å². The standard InChI is InChI=1S/C12H15FN4O/c1-14-12(9-7-15-16-17(9)2)11-8(13)5-4-6-10(11)18-3/h4-7,12,14H,1-3H3. The summed E-state index contributed by atoms with van der Waals surface area (Å²) in [4.78, 5) is 0. The molecule has 0 aliphatic heterocycles. The Balaban J connectivity index is 2.55. The van der Waals surface area contributed by atoms with E-state index in [9.17, 15) is 4.39 Å². The van der Waals surface area contributed by atoms with E-state index >= 15 is 0 Å². The van der Waals surface area contributed by atoms with Gasteiger partial charge in [0, 0.05) is 7.05 Å². The molecule has 1 heterocycles. The maximum absolute atomic E-state index is 14.0. The summed E-state index contributed by atoms with van der Waals surface area (Å²) < 4.78 is 20.8. The number of hydrogen-bond donors (Lipinski definition) is 1. The number of benzene rings is 1. The second-order valence-corrected chi connectivity index (χ2v) is 3.86. The molecule has 0 saturated heterocycles. The average Bonchev–Trinajstić information content (AvgIpc) is 2.79. The van der Waals surface area contributed by atoms with E-state index in [1.165, 1.54) is 13.2 Å². The number of ether oxygens (including phenoxy) is 1. The van der Waals surface area contributed by atoms with Crippen LogP contribution in [0.15, 0.2) is 24.4 Å². The van der Waals surface area contributed by atoms with Gasteiger partial charge in [-0.15, -0.1) is 5.10 Å². The van der Waals surface area contributed by atoms with Gasteiger partial charge < -0.3 is 10.1 Å². The second-order valence-electron chi connectivity index (χ2n) is 3.86. The van der Waals surface area contributed by atoms with Crippen molar-refractivity contribution in [2.45, 2.75) is 6.04 Å². The lowest BCUT2D eigenvalue weighted by Gasteiger charge is -2.19. The van der Waals surface area contributed by atoms with Crippen molar-refractivity contribution >= 4 is 0 Å². The van der Waals surface area contributed by atoms with Gasteiger partial charge in [-0.1, -0.05) is 11.3 Å². The molecular formula is C12H15FN4O. The van der Waals surface area contributed by atoms with Crippen molar-refractivity contribution in [3.05, 3.63) is 41.5 Å². The van der Waals surface area contributed by atoms with Gasteiger partial charge in [0.05, 0.1) is 30.6 Å². The van der Waals surface area contributed by atoms with Crippen LogP contribution in [0.3, 0.4) is 0 Å². The highest BCUT2D eigenvalue weighted by Crippen LogP contribution is 2.31. The van der Waals surface area contributed by atoms with Gasteiger partial charge in [0.2, 0.25) is 0 Å². The van der Waals surface area contributed by atoms with Crippen molar-refractivity contribution in [2.75, 3.05) is 14.2 Å². The number of rotatable bonds is 4. The zero-order chi connectivity index (χ0) is 13.1. The lowest BCUT2D eigenvalue weighted by Crippen LogP contribution is -2.22. The molecule has 96 valence electrons. The third kappa shape index (κ3) is 2.06. The highest BCUT2D eigenvalue weighted by molar-refractivity contribution is 5.40. The molecule has 0 aliphatic carbocycles. The Hall–Kier alpha value is -1.95. The first-order valence-electron chi connectivity index (χ1n) is 5.53. The van der Waals surface area contributed by atoms with Crippen molar-refractivity contribution in [1.82, 2.24) is 20.3 Å². The lowest BCUT2D eigenvalue weighted by atomic mass is 10.0. The molecular weight excluding hydrogens is 235 g/mol. The molecule has 0 bridgehead atoms. The maximum Gasteiger partial charge on any atom is 0.132 e. The summed E-state index contributed by atoms with van der Waals surface area (Å²) in [7, 11) is 5.04. The van der Waals surface area contributed by atoms with Crippen LogP contribution in [0.1, 0.15) is 17.3 Å². The molecule has 0 amide bonds. The first kappa shape index (κ1) is 12.5. The van der Waals surface area contributed by atoms with Crippen molar-refractivity contribution in [1.29, 1.82) is 0 Å². The van der Waals surface area contributed by atoms with E-state index in [4.69, 9.17) is 4.74 Å². The SMILES string of the molecule is CNC(c1c(F)cccc1OC)c1cnnn1C. The van der Waals surface area contributed by atoms with Gasteiger partial charge in [-0.05, 0) is 19.2 Å². The molecule has 2 rings (SSSR count). The second kappa shape index (κ2) is 5.14.